The molecule has 20 heavy (non-hydrogen) atoms. The molecule has 0 radical (unpaired) electrons. The minimum Gasteiger partial charge on any atom is -0.480 e. The van der Waals surface area contributed by atoms with Gasteiger partial charge in [-0.25, -0.2) is 8.78 Å². The van der Waals surface area contributed by atoms with Crippen molar-refractivity contribution in [1.29, 1.82) is 0 Å². The van der Waals surface area contributed by atoms with Gasteiger partial charge in [0.05, 0.1) is 0 Å². The van der Waals surface area contributed by atoms with Gasteiger partial charge in [-0.1, -0.05) is 30.3 Å². The highest BCUT2D eigenvalue weighted by molar-refractivity contribution is 5.32. The fourth-order valence-corrected chi connectivity index (χ4v) is 2.00. The molecule has 1 unspecified atom stereocenters. The fraction of sp³-hybridized carbons (Fsp3) is 0.250. The van der Waals surface area contributed by atoms with Crippen LogP contribution in [0.2, 0.25) is 0 Å². The van der Waals surface area contributed by atoms with Crippen LogP contribution < -0.4 is 10.1 Å². The lowest BCUT2D eigenvalue weighted by molar-refractivity contribution is 0.205. The van der Waals surface area contributed by atoms with E-state index < -0.39 is 17.7 Å². The molecule has 2 aromatic rings. The van der Waals surface area contributed by atoms with Gasteiger partial charge in [0.25, 0.3) is 0 Å². The van der Waals surface area contributed by atoms with Crippen molar-refractivity contribution in [1.82, 2.24) is 5.32 Å². The van der Waals surface area contributed by atoms with Crippen molar-refractivity contribution in [2.75, 3.05) is 7.05 Å². The van der Waals surface area contributed by atoms with Gasteiger partial charge in [0.2, 0.25) is 0 Å². The Balaban J connectivity index is 2.21. The van der Waals surface area contributed by atoms with Crippen LogP contribution in [0.4, 0.5) is 8.78 Å². The third-order valence-electron chi connectivity index (χ3n) is 3.00. The van der Waals surface area contributed by atoms with Gasteiger partial charge < -0.3 is 10.1 Å². The maximum atomic E-state index is 13.9. The predicted octanol–water partition coefficient (Wildman–Crippen LogP) is 3.82. The summed E-state index contributed by atoms with van der Waals surface area (Å²) >= 11 is 0. The molecule has 0 aromatic heterocycles. The van der Waals surface area contributed by atoms with Gasteiger partial charge in [0.15, 0.2) is 17.4 Å². The normalized spacial score (nSPS) is 12.2. The molecule has 0 saturated carbocycles. The highest BCUT2D eigenvalue weighted by Crippen LogP contribution is 2.28. The maximum absolute atomic E-state index is 13.9. The number of ether oxygens (including phenoxy) is 1. The number of halogens is 2. The summed E-state index contributed by atoms with van der Waals surface area (Å²) in [7, 11) is 1.72. The quantitative estimate of drug-likeness (QED) is 0.897. The Hall–Kier alpha value is -1.94. The third kappa shape index (κ3) is 3.33. The zero-order valence-electron chi connectivity index (χ0n) is 11.5. The molecule has 2 rings (SSSR count). The Kier molecular flexibility index (Phi) is 4.69. The van der Waals surface area contributed by atoms with Crippen molar-refractivity contribution in [3.05, 3.63) is 65.2 Å². The maximum Gasteiger partial charge on any atom is 0.191 e. The number of nitrogens with one attached hydrogen (secondary N) is 1. The Bertz CT molecular complexity index is 549. The van der Waals surface area contributed by atoms with Crippen molar-refractivity contribution < 1.29 is 13.5 Å². The van der Waals surface area contributed by atoms with E-state index in [-0.39, 0.29) is 5.75 Å². The van der Waals surface area contributed by atoms with Crippen LogP contribution in [-0.2, 0) is 6.54 Å². The van der Waals surface area contributed by atoms with Crippen LogP contribution in [0.25, 0.3) is 0 Å². The van der Waals surface area contributed by atoms with Gasteiger partial charge in [0.1, 0.15) is 6.10 Å². The first kappa shape index (κ1) is 14.5. The number of hydrogen-bond donors (Lipinski definition) is 1. The molecule has 0 aliphatic rings. The minimum atomic E-state index is -0.682. The monoisotopic (exact) mass is 277 g/mol. The molecule has 1 N–H and O–H groups in total. The van der Waals surface area contributed by atoms with Gasteiger partial charge in [0, 0.05) is 6.54 Å². The van der Waals surface area contributed by atoms with E-state index in [4.69, 9.17) is 4.74 Å². The van der Waals surface area contributed by atoms with Crippen molar-refractivity contribution >= 4 is 0 Å². The van der Waals surface area contributed by atoms with Crippen molar-refractivity contribution in [2.45, 2.75) is 19.6 Å². The van der Waals surface area contributed by atoms with E-state index >= 15 is 0 Å². The molecule has 0 aliphatic heterocycles. The van der Waals surface area contributed by atoms with E-state index in [0.29, 0.717) is 12.1 Å². The van der Waals surface area contributed by atoms with Crippen molar-refractivity contribution in [2.24, 2.45) is 0 Å². The summed E-state index contributed by atoms with van der Waals surface area (Å²) in [6, 6.07) is 11.9. The third-order valence-corrected chi connectivity index (χ3v) is 3.00. The summed E-state index contributed by atoms with van der Waals surface area (Å²) in [5, 5.41) is 2.85. The number of rotatable bonds is 5. The van der Waals surface area contributed by atoms with Crippen LogP contribution in [0, 0.1) is 11.6 Å². The van der Waals surface area contributed by atoms with Crippen LogP contribution in [0.5, 0.6) is 5.75 Å². The summed E-state index contributed by atoms with van der Waals surface area (Å²) in [4.78, 5) is 0. The first-order valence-electron chi connectivity index (χ1n) is 6.46. The lowest BCUT2D eigenvalue weighted by Crippen LogP contribution is -2.09. The molecular formula is C16H17F2NO. The second-order valence-corrected chi connectivity index (χ2v) is 4.59. The van der Waals surface area contributed by atoms with E-state index in [1.807, 2.05) is 30.3 Å². The van der Waals surface area contributed by atoms with Crippen LogP contribution in [0.1, 0.15) is 24.2 Å². The van der Waals surface area contributed by atoms with E-state index in [2.05, 4.69) is 5.32 Å². The van der Waals surface area contributed by atoms with E-state index in [1.54, 1.807) is 14.0 Å². The Labute approximate surface area is 117 Å². The van der Waals surface area contributed by atoms with Crippen LogP contribution in [-0.4, -0.2) is 7.05 Å². The van der Waals surface area contributed by atoms with Gasteiger partial charge in [-0.15, -0.1) is 0 Å². The minimum absolute atomic E-state index is 0.332. The molecule has 0 aliphatic carbocycles. The lowest BCUT2D eigenvalue weighted by atomic mass is 10.1. The smallest absolute Gasteiger partial charge is 0.191 e. The molecule has 0 heterocycles. The summed E-state index contributed by atoms with van der Waals surface area (Å²) in [6.45, 7) is 2.16. The van der Waals surface area contributed by atoms with E-state index in [0.717, 1.165) is 5.56 Å². The largest absolute Gasteiger partial charge is 0.480 e. The zero-order chi connectivity index (χ0) is 14.5. The lowest BCUT2D eigenvalue weighted by Gasteiger charge is -2.16. The molecule has 106 valence electrons. The zero-order valence-corrected chi connectivity index (χ0v) is 11.5. The topological polar surface area (TPSA) is 21.3 Å². The first-order valence-corrected chi connectivity index (χ1v) is 6.46. The second kappa shape index (κ2) is 6.48. The van der Waals surface area contributed by atoms with Crippen LogP contribution in [0.15, 0.2) is 42.5 Å². The Morgan fingerprint density at radius 3 is 2.25 bits per heavy atom. The SMILES string of the molecule is CNCc1cc(F)c(OC(C)c2ccccc2)c(F)c1. The molecule has 2 aromatic carbocycles. The van der Waals surface area contributed by atoms with Crippen LogP contribution >= 0.6 is 0 Å². The Morgan fingerprint density at radius 2 is 1.70 bits per heavy atom. The van der Waals surface area contributed by atoms with Crippen molar-refractivity contribution in [3.63, 3.8) is 0 Å². The molecule has 0 bridgehead atoms. The summed E-state index contributed by atoms with van der Waals surface area (Å²) < 4.78 is 33.3. The highest BCUT2D eigenvalue weighted by Gasteiger charge is 2.16. The number of benzene rings is 2. The number of hydrogen-bond acceptors (Lipinski definition) is 2. The standard InChI is InChI=1S/C16H17F2NO/c1-11(13-6-4-3-5-7-13)20-16-14(17)8-12(10-19-2)9-15(16)18/h3-9,11,19H,10H2,1-2H3. The highest BCUT2D eigenvalue weighted by atomic mass is 19.1. The van der Waals surface area contributed by atoms with Gasteiger partial charge in [-0.2, -0.15) is 0 Å². The first-order chi connectivity index (χ1) is 9.61. The Morgan fingerprint density at radius 1 is 1.10 bits per heavy atom. The average molecular weight is 277 g/mol. The molecule has 1 atom stereocenters. The molecule has 0 fully saturated rings. The molecule has 0 saturated heterocycles. The summed E-state index contributed by atoms with van der Waals surface area (Å²) in [6.07, 6.45) is -0.421. The molecule has 0 amide bonds. The summed E-state index contributed by atoms with van der Waals surface area (Å²) in [5.74, 6) is -1.70. The molecule has 4 heteroatoms. The molecule has 0 spiro atoms. The van der Waals surface area contributed by atoms with E-state index in [9.17, 15) is 8.78 Å². The van der Waals surface area contributed by atoms with Crippen molar-refractivity contribution in [3.8, 4) is 5.75 Å². The van der Waals surface area contributed by atoms with Crippen LogP contribution in [0.3, 0.4) is 0 Å². The van der Waals surface area contributed by atoms with Gasteiger partial charge in [-0.3, -0.25) is 0 Å². The van der Waals surface area contributed by atoms with E-state index in [1.165, 1.54) is 12.1 Å². The fourth-order valence-electron chi connectivity index (χ4n) is 2.00. The average Bonchev–Trinajstić information content (AvgIpc) is 2.44. The predicted molar refractivity (Wildman–Crippen MR) is 74.6 cm³/mol. The second-order valence-electron chi connectivity index (χ2n) is 4.59. The molecular weight excluding hydrogens is 260 g/mol. The summed E-state index contributed by atoms with van der Waals surface area (Å²) in [5.41, 5.74) is 1.41. The van der Waals surface area contributed by atoms with Gasteiger partial charge in [-0.05, 0) is 37.2 Å². The van der Waals surface area contributed by atoms with Gasteiger partial charge >= 0.3 is 0 Å². The molecule has 2 nitrogen and oxygen atoms in total.